The summed E-state index contributed by atoms with van der Waals surface area (Å²) >= 11 is 0. The lowest BCUT2D eigenvalue weighted by atomic mass is 10.5. The van der Waals surface area contributed by atoms with Gasteiger partial charge in [0, 0.05) is 0 Å². The minimum absolute atomic E-state index is 0.442. The molecule has 10 heavy (non-hydrogen) atoms. The van der Waals surface area contributed by atoms with Crippen molar-refractivity contribution in [2.45, 2.75) is 0 Å². The van der Waals surface area contributed by atoms with Crippen molar-refractivity contribution >= 4 is 6.09 Å². The van der Waals surface area contributed by atoms with Crippen molar-refractivity contribution in [2.75, 3.05) is 26.2 Å². The van der Waals surface area contributed by atoms with Crippen molar-refractivity contribution in [2.24, 2.45) is 0 Å². The number of hydrogen-bond donors (Lipinski definition) is 2. The van der Waals surface area contributed by atoms with E-state index in [1.807, 2.05) is 0 Å². The van der Waals surface area contributed by atoms with Crippen LogP contribution in [0.25, 0.3) is 0 Å². The predicted octanol–water partition coefficient (Wildman–Crippen LogP) is -3.88. The van der Waals surface area contributed by atoms with Gasteiger partial charge in [0.2, 0.25) is 0 Å². The Hall–Kier alpha value is -0.810. The Morgan fingerprint density at radius 3 is 1.90 bits per heavy atom. The van der Waals surface area contributed by atoms with E-state index in [0.717, 1.165) is 0 Å². The second kappa shape index (κ2) is 5.01. The number of carbonyl (C=O) groups excluding carboxylic acids is 1. The first kappa shape index (κ1) is 9.19. The molecular weight excluding hydrogens is 134 g/mol. The predicted molar refractivity (Wildman–Crippen MR) is 32.5 cm³/mol. The number of amides is 1. The molecule has 1 amide bonds. The Labute approximate surface area is 59.6 Å². The van der Waals surface area contributed by atoms with Gasteiger partial charge in [-0.05, 0) is 0 Å². The van der Waals surface area contributed by atoms with Crippen LogP contribution in [0.5, 0.6) is 0 Å². The average Bonchev–Trinajstić information content (AvgIpc) is 1.87. The Kier molecular flexibility index (Phi) is 4.61. The van der Waals surface area contributed by atoms with Gasteiger partial charge in [0.25, 0.3) is 0 Å². The van der Waals surface area contributed by atoms with Gasteiger partial charge in [0.05, 0.1) is 26.2 Å². The topological polar surface area (TPSA) is 98.7 Å². The third-order valence-electron chi connectivity index (χ3n) is 1.11. The van der Waals surface area contributed by atoms with E-state index in [1.54, 1.807) is 0 Å². The third-order valence-corrected chi connectivity index (χ3v) is 1.11. The highest BCUT2D eigenvalue weighted by molar-refractivity contribution is 5.62. The van der Waals surface area contributed by atoms with Crippen LogP contribution in [0.1, 0.15) is 0 Å². The number of rotatable bonds is 4. The first-order chi connectivity index (χ1) is 4.72. The minimum atomic E-state index is -1.13. The third kappa shape index (κ3) is 3.26. The lowest BCUT2D eigenvalue weighted by molar-refractivity contribution is -0.380. The molecule has 0 aromatic carbocycles. The number of nitrogens with zero attached hydrogens (tertiary/aromatic N) is 1. The SMILES string of the molecule is [NH3+]CCN(CC[NH3+])C(=O)[O-]. The van der Waals surface area contributed by atoms with E-state index in [9.17, 15) is 9.90 Å². The van der Waals surface area contributed by atoms with Crippen LogP contribution in [0.4, 0.5) is 4.79 Å². The Balaban J connectivity index is 3.61. The molecule has 0 bridgehead atoms. The van der Waals surface area contributed by atoms with Gasteiger partial charge in [-0.25, -0.2) is 0 Å². The molecule has 0 aliphatic carbocycles. The fourth-order valence-corrected chi connectivity index (χ4v) is 0.676. The summed E-state index contributed by atoms with van der Waals surface area (Å²) < 4.78 is 0. The van der Waals surface area contributed by atoms with E-state index in [2.05, 4.69) is 11.5 Å². The van der Waals surface area contributed by atoms with E-state index >= 15 is 0 Å². The molecule has 0 atom stereocenters. The quantitative estimate of drug-likeness (QED) is 0.426. The summed E-state index contributed by atoms with van der Waals surface area (Å²) in [5, 5.41) is 10.2. The lowest BCUT2D eigenvalue weighted by Crippen LogP contribution is -2.61. The summed E-state index contributed by atoms with van der Waals surface area (Å²) in [5.41, 5.74) is 7.07. The smallest absolute Gasteiger partial charge is 0.137 e. The van der Waals surface area contributed by atoms with Crippen molar-refractivity contribution in [1.29, 1.82) is 0 Å². The zero-order valence-electron chi connectivity index (χ0n) is 6.01. The summed E-state index contributed by atoms with van der Waals surface area (Å²) in [6, 6.07) is 0. The normalized spacial score (nSPS) is 9.40. The molecule has 0 aromatic heterocycles. The molecule has 60 valence electrons. The zero-order chi connectivity index (χ0) is 7.98. The van der Waals surface area contributed by atoms with Crippen LogP contribution in [0.3, 0.4) is 0 Å². The van der Waals surface area contributed by atoms with Gasteiger partial charge in [0.15, 0.2) is 0 Å². The number of carbonyl (C=O) groups is 1. The van der Waals surface area contributed by atoms with Crippen molar-refractivity contribution in [1.82, 2.24) is 4.90 Å². The fourth-order valence-electron chi connectivity index (χ4n) is 0.676. The second-order valence-corrected chi connectivity index (χ2v) is 1.96. The summed E-state index contributed by atoms with van der Waals surface area (Å²) in [4.78, 5) is 11.4. The van der Waals surface area contributed by atoms with E-state index in [0.29, 0.717) is 26.2 Å². The number of carboxylic acid groups (broad SMARTS) is 1. The van der Waals surface area contributed by atoms with Gasteiger partial charge in [-0.3, -0.25) is 0 Å². The second-order valence-electron chi connectivity index (χ2n) is 1.96. The molecule has 6 N–H and O–H groups in total. The van der Waals surface area contributed by atoms with Crippen LogP contribution in [-0.4, -0.2) is 37.2 Å². The number of quaternary nitrogens is 2. The molecule has 0 radical (unpaired) electrons. The molecule has 0 aliphatic heterocycles. The highest BCUT2D eigenvalue weighted by atomic mass is 16.4. The van der Waals surface area contributed by atoms with Crippen LogP contribution in [-0.2, 0) is 0 Å². The molecule has 0 fully saturated rings. The highest BCUT2D eigenvalue weighted by Gasteiger charge is 2.01. The molecule has 0 rings (SSSR count). The van der Waals surface area contributed by atoms with Crippen molar-refractivity contribution < 1.29 is 21.4 Å². The first-order valence-corrected chi connectivity index (χ1v) is 3.26. The molecule has 5 nitrogen and oxygen atoms in total. The van der Waals surface area contributed by atoms with Crippen LogP contribution in [0.2, 0.25) is 0 Å². The monoisotopic (exact) mass is 148 g/mol. The van der Waals surface area contributed by atoms with Gasteiger partial charge in [-0.15, -0.1) is 0 Å². The maximum Gasteiger partial charge on any atom is 0.137 e. The van der Waals surface area contributed by atoms with Crippen molar-refractivity contribution in [3.8, 4) is 0 Å². The zero-order valence-corrected chi connectivity index (χ0v) is 6.01. The van der Waals surface area contributed by atoms with Gasteiger partial charge < -0.3 is 26.3 Å². The molecule has 0 spiro atoms. The van der Waals surface area contributed by atoms with E-state index in [4.69, 9.17) is 0 Å². The summed E-state index contributed by atoms with van der Waals surface area (Å²) in [7, 11) is 0. The van der Waals surface area contributed by atoms with Crippen LogP contribution >= 0.6 is 0 Å². The molecule has 0 saturated heterocycles. The van der Waals surface area contributed by atoms with Crippen LogP contribution < -0.4 is 16.6 Å². The van der Waals surface area contributed by atoms with Gasteiger partial charge in [-0.2, -0.15) is 0 Å². The summed E-state index contributed by atoms with van der Waals surface area (Å²) in [6.07, 6.45) is -1.13. The van der Waals surface area contributed by atoms with Crippen molar-refractivity contribution in [3.05, 3.63) is 0 Å². The number of hydrogen-bond acceptors (Lipinski definition) is 2. The van der Waals surface area contributed by atoms with Crippen LogP contribution in [0.15, 0.2) is 0 Å². The molecule has 0 saturated carbocycles. The minimum Gasteiger partial charge on any atom is -0.530 e. The summed E-state index contributed by atoms with van der Waals surface area (Å²) in [5.74, 6) is 0. The first-order valence-electron chi connectivity index (χ1n) is 3.26. The Bertz CT molecular complexity index is 101. The van der Waals surface area contributed by atoms with Crippen LogP contribution in [0, 0.1) is 0 Å². The van der Waals surface area contributed by atoms with E-state index in [-0.39, 0.29) is 0 Å². The standard InChI is InChI=1S/C5H13N3O2/c6-1-3-8(4-2-7)5(9)10/h1-4,6-7H2,(H,9,10)/p+1. The highest BCUT2D eigenvalue weighted by Crippen LogP contribution is 1.81. The van der Waals surface area contributed by atoms with E-state index < -0.39 is 6.09 Å². The molecule has 0 aromatic rings. The molecule has 0 unspecified atom stereocenters. The van der Waals surface area contributed by atoms with E-state index in [1.165, 1.54) is 4.90 Å². The molecule has 0 aliphatic rings. The lowest BCUT2D eigenvalue weighted by Gasteiger charge is -2.21. The Morgan fingerprint density at radius 2 is 1.70 bits per heavy atom. The van der Waals surface area contributed by atoms with Gasteiger partial charge >= 0.3 is 0 Å². The summed E-state index contributed by atoms with van der Waals surface area (Å²) in [6.45, 7) is 2.04. The van der Waals surface area contributed by atoms with Crippen molar-refractivity contribution in [3.63, 3.8) is 0 Å². The van der Waals surface area contributed by atoms with Gasteiger partial charge in [0.1, 0.15) is 6.09 Å². The Morgan fingerprint density at radius 1 is 1.30 bits per heavy atom. The molecular formula is C5H14N3O2+. The molecule has 5 heteroatoms. The fraction of sp³-hybridized carbons (Fsp3) is 0.800. The maximum absolute atomic E-state index is 10.2. The average molecular weight is 148 g/mol. The van der Waals surface area contributed by atoms with Gasteiger partial charge in [-0.1, -0.05) is 0 Å². The molecule has 0 heterocycles. The maximum atomic E-state index is 10.2. The largest absolute Gasteiger partial charge is 0.530 e.